The fraction of sp³-hybridized carbons (Fsp3) is 0.583. The lowest BCUT2D eigenvalue weighted by Crippen LogP contribution is -2.09. The number of thioether (sulfide) groups is 1. The van der Waals surface area contributed by atoms with Gasteiger partial charge in [0.05, 0.1) is 17.4 Å². The van der Waals surface area contributed by atoms with Crippen molar-refractivity contribution in [2.45, 2.75) is 37.8 Å². The Labute approximate surface area is 105 Å². The van der Waals surface area contributed by atoms with Gasteiger partial charge in [0.2, 0.25) is 0 Å². The molecule has 0 saturated carbocycles. The van der Waals surface area contributed by atoms with Crippen molar-refractivity contribution < 1.29 is 4.74 Å². The summed E-state index contributed by atoms with van der Waals surface area (Å²) in [5.74, 6) is 0.853. The molecule has 0 spiro atoms. The highest BCUT2D eigenvalue weighted by Gasteiger charge is 2.18. The van der Waals surface area contributed by atoms with Crippen LogP contribution >= 0.6 is 11.8 Å². The third kappa shape index (κ3) is 2.76. The van der Waals surface area contributed by atoms with Gasteiger partial charge in [-0.15, -0.1) is 16.9 Å². The van der Waals surface area contributed by atoms with Crippen LogP contribution in [-0.2, 0) is 4.74 Å². The molecule has 1 aromatic rings. The van der Waals surface area contributed by atoms with Crippen LogP contribution in [0, 0.1) is 25.2 Å². The van der Waals surface area contributed by atoms with Gasteiger partial charge in [-0.25, -0.2) is 0 Å². The Kier molecular flexibility index (Phi) is 3.97. The maximum atomic E-state index is 9.15. The van der Waals surface area contributed by atoms with Crippen molar-refractivity contribution in [3.8, 4) is 6.07 Å². The van der Waals surface area contributed by atoms with Gasteiger partial charge >= 0.3 is 0 Å². The number of aryl methyl sites for hydroxylation is 1. The molecule has 5 heteroatoms. The van der Waals surface area contributed by atoms with Crippen molar-refractivity contribution in [3.05, 3.63) is 16.8 Å². The zero-order chi connectivity index (χ0) is 12.3. The quantitative estimate of drug-likeness (QED) is 0.769. The molecular formula is C12H15N3OS. The number of rotatable bonds is 3. The summed E-state index contributed by atoms with van der Waals surface area (Å²) >= 11 is 1.57. The third-order valence-electron chi connectivity index (χ3n) is 2.96. The molecule has 0 amide bonds. The predicted octanol–water partition coefficient (Wildman–Crippen LogP) is 2.24. The molecule has 2 rings (SSSR count). The molecule has 0 aromatic carbocycles. The molecule has 1 aromatic heterocycles. The highest BCUT2D eigenvalue weighted by molar-refractivity contribution is 7.99. The molecule has 2 heterocycles. The first-order valence-corrected chi connectivity index (χ1v) is 6.69. The average molecular weight is 249 g/mol. The second-order valence-corrected chi connectivity index (χ2v) is 5.16. The minimum Gasteiger partial charge on any atom is -0.377 e. The number of ether oxygens (including phenoxy) is 1. The molecule has 0 radical (unpaired) electrons. The minimum atomic E-state index is 0.301. The lowest BCUT2D eigenvalue weighted by Gasteiger charge is -2.10. The minimum absolute atomic E-state index is 0.301. The molecule has 1 aliphatic rings. The Morgan fingerprint density at radius 1 is 1.47 bits per heavy atom. The number of nitrogens with zero attached hydrogens (tertiary/aromatic N) is 3. The van der Waals surface area contributed by atoms with Gasteiger partial charge in [-0.2, -0.15) is 10.4 Å². The van der Waals surface area contributed by atoms with E-state index in [2.05, 4.69) is 16.3 Å². The Hall–Kier alpha value is -1.12. The van der Waals surface area contributed by atoms with Gasteiger partial charge in [0.1, 0.15) is 11.1 Å². The molecular weight excluding hydrogens is 234 g/mol. The van der Waals surface area contributed by atoms with E-state index in [0.717, 1.165) is 41.5 Å². The van der Waals surface area contributed by atoms with E-state index in [1.54, 1.807) is 11.8 Å². The maximum absolute atomic E-state index is 9.15. The van der Waals surface area contributed by atoms with Gasteiger partial charge in [0, 0.05) is 12.4 Å². The highest BCUT2D eigenvalue weighted by atomic mass is 32.2. The standard InChI is InChI=1S/C12H15N3OS/c1-8-9(2)14-15-12(11(8)6-13)17-7-10-4-3-5-16-10/h10H,3-5,7H2,1-2H3. The van der Waals surface area contributed by atoms with E-state index in [0.29, 0.717) is 11.7 Å². The topological polar surface area (TPSA) is 58.8 Å². The summed E-state index contributed by atoms with van der Waals surface area (Å²) in [6, 6.07) is 2.22. The van der Waals surface area contributed by atoms with Crippen LogP contribution in [0.2, 0.25) is 0 Å². The van der Waals surface area contributed by atoms with Crippen LogP contribution in [0.15, 0.2) is 5.03 Å². The molecule has 0 N–H and O–H groups in total. The molecule has 1 unspecified atom stereocenters. The van der Waals surface area contributed by atoms with Crippen LogP contribution in [0.3, 0.4) is 0 Å². The lowest BCUT2D eigenvalue weighted by molar-refractivity contribution is 0.129. The zero-order valence-corrected chi connectivity index (χ0v) is 10.9. The normalized spacial score (nSPS) is 19.2. The monoisotopic (exact) mass is 249 g/mol. The van der Waals surface area contributed by atoms with Gasteiger partial charge in [-0.05, 0) is 32.3 Å². The van der Waals surface area contributed by atoms with Gasteiger partial charge in [0.25, 0.3) is 0 Å². The summed E-state index contributed by atoms with van der Waals surface area (Å²) in [5.41, 5.74) is 2.40. The summed E-state index contributed by atoms with van der Waals surface area (Å²) in [4.78, 5) is 0. The van der Waals surface area contributed by atoms with Gasteiger partial charge in [0.15, 0.2) is 0 Å². The number of hydrogen-bond donors (Lipinski definition) is 0. The van der Waals surface area contributed by atoms with Crippen LogP contribution in [0.1, 0.15) is 29.7 Å². The fourth-order valence-corrected chi connectivity index (χ4v) is 2.82. The number of hydrogen-bond acceptors (Lipinski definition) is 5. The zero-order valence-electron chi connectivity index (χ0n) is 10.1. The van der Waals surface area contributed by atoms with Crippen LogP contribution in [0.5, 0.6) is 0 Å². The first-order chi connectivity index (χ1) is 8.22. The molecule has 17 heavy (non-hydrogen) atoms. The Morgan fingerprint density at radius 2 is 2.29 bits per heavy atom. The largest absolute Gasteiger partial charge is 0.377 e. The third-order valence-corrected chi connectivity index (χ3v) is 4.06. The first-order valence-electron chi connectivity index (χ1n) is 5.70. The average Bonchev–Trinajstić information content (AvgIpc) is 2.83. The molecule has 1 fully saturated rings. The van der Waals surface area contributed by atoms with Gasteiger partial charge in [-0.3, -0.25) is 0 Å². The predicted molar refractivity (Wildman–Crippen MR) is 65.9 cm³/mol. The highest BCUT2D eigenvalue weighted by Crippen LogP contribution is 2.26. The Bertz CT molecular complexity index is 450. The van der Waals surface area contributed by atoms with E-state index >= 15 is 0 Å². The Balaban J connectivity index is 2.10. The Morgan fingerprint density at radius 3 is 2.94 bits per heavy atom. The molecule has 90 valence electrons. The molecule has 4 nitrogen and oxygen atoms in total. The molecule has 0 aliphatic carbocycles. The van der Waals surface area contributed by atoms with Crippen LogP contribution in [0.25, 0.3) is 0 Å². The van der Waals surface area contributed by atoms with Crippen LogP contribution in [-0.4, -0.2) is 28.7 Å². The van der Waals surface area contributed by atoms with E-state index in [4.69, 9.17) is 10.00 Å². The van der Waals surface area contributed by atoms with Gasteiger partial charge in [-0.1, -0.05) is 0 Å². The van der Waals surface area contributed by atoms with Crippen LogP contribution < -0.4 is 0 Å². The van der Waals surface area contributed by atoms with E-state index in [1.807, 2.05) is 13.8 Å². The molecule has 1 atom stereocenters. The van der Waals surface area contributed by atoms with Crippen molar-refractivity contribution in [2.24, 2.45) is 0 Å². The first kappa shape index (κ1) is 12.3. The molecule has 1 saturated heterocycles. The second kappa shape index (κ2) is 5.48. The summed E-state index contributed by atoms with van der Waals surface area (Å²) < 4.78 is 5.55. The smallest absolute Gasteiger partial charge is 0.137 e. The lowest BCUT2D eigenvalue weighted by atomic mass is 10.1. The van der Waals surface area contributed by atoms with E-state index in [-0.39, 0.29) is 0 Å². The summed E-state index contributed by atoms with van der Waals surface area (Å²) in [6.45, 7) is 4.64. The fourth-order valence-electron chi connectivity index (χ4n) is 1.77. The van der Waals surface area contributed by atoms with Crippen molar-refractivity contribution in [1.29, 1.82) is 5.26 Å². The summed E-state index contributed by atoms with van der Waals surface area (Å²) in [6.07, 6.45) is 2.54. The number of nitriles is 1. The van der Waals surface area contributed by atoms with Crippen LogP contribution in [0.4, 0.5) is 0 Å². The molecule has 1 aliphatic heterocycles. The second-order valence-electron chi connectivity index (χ2n) is 4.15. The number of aromatic nitrogens is 2. The van der Waals surface area contributed by atoms with E-state index in [9.17, 15) is 0 Å². The van der Waals surface area contributed by atoms with Crippen molar-refractivity contribution in [2.75, 3.05) is 12.4 Å². The van der Waals surface area contributed by atoms with E-state index in [1.165, 1.54) is 0 Å². The summed E-state index contributed by atoms with van der Waals surface area (Å²) in [5, 5.41) is 18.1. The maximum Gasteiger partial charge on any atom is 0.137 e. The van der Waals surface area contributed by atoms with Crippen molar-refractivity contribution in [1.82, 2.24) is 10.2 Å². The van der Waals surface area contributed by atoms with Gasteiger partial charge < -0.3 is 4.74 Å². The SMILES string of the molecule is Cc1nnc(SCC2CCCO2)c(C#N)c1C. The molecule has 0 bridgehead atoms. The summed E-state index contributed by atoms with van der Waals surface area (Å²) in [7, 11) is 0. The van der Waals surface area contributed by atoms with E-state index < -0.39 is 0 Å². The van der Waals surface area contributed by atoms with Crippen molar-refractivity contribution >= 4 is 11.8 Å². The van der Waals surface area contributed by atoms with Crippen molar-refractivity contribution in [3.63, 3.8) is 0 Å².